The van der Waals surface area contributed by atoms with E-state index in [4.69, 9.17) is 0 Å². The Hall–Kier alpha value is -3.04. The summed E-state index contributed by atoms with van der Waals surface area (Å²) < 4.78 is -1.10. The first-order valence-corrected chi connectivity index (χ1v) is 15.2. The van der Waals surface area contributed by atoms with Crippen LogP contribution in [0.25, 0.3) is 0 Å². The van der Waals surface area contributed by atoms with Crippen LogP contribution in [0.3, 0.4) is 0 Å². The van der Waals surface area contributed by atoms with E-state index in [0.717, 1.165) is 30.8 Å². The minimum absolute atomic E-state index is 0.0749. The van der Waals surface area contributed by atoms with Gasteiger partial charge in [-0.1, -0.05) is 30.3 Å². The number of nitrogens with one attached hydrogen (secondary N) is 2. The average Bonchev–Trinajstić information content (AvgIpc) is 3.53. The smallest absolute Gasteiger partial charge is 0.248 e. The Bertz CT molecular complexity index is 1240. The van der Waals surface area contributed by atoms with Crippen molar-refractivity contribution in [1.82, 2.24) is 10.2 Å². The van der Waals surface area contributed by atoms with Gasteiger partial charge < -0.3 is 25.5 Å². The molecule has 3 amide bonds. The van der Waals surface area contributed by atoms with Crippen LogP contribution in [-0.4, -0.2) is 69.5 Å². The number of carbonyl (C=O) groups is 3. The second kappa shape index (κ2) is 11.4. The summed E-state index contributed by atoms with van der Waals surface area (Å²) >= 11 is 1.66. The molecule has 3 heterocycles. The van der Waals surface area contributed by atoms with Crippen LogP contribution in [0.15, 0.2) is 54.6 Å². The maximum Gasteiger partial charge on any atom is 0.248 e. The lowest BCUT2D eigenvalue weighted by atomic mass is 9.66. The third-order valence-electron chi connectivity index (χ3n) is 8.94. The summed E-state index contributed by atoms with van der Waals surface area (Å²) in [5, 5.41) is 15.7. The number of aliphatic hydroxyl groups excluding tert-OH is 1. The van der Waals surface area contributed by atoms with Gasteiger partial charge in [-0.2, -0.15) is 0 Å². The van der Waals surface area contributed by atoms with Crippen LogP contribution in [0.1, 0.15) is 45.6 Å². The molecular formula is C31H40N4O4S. The highest BCUT2D eigenvalue weighted by atomic mass is 32.2. The Kier molecular flexibility index (Phi) is 8.15. The van der Waals surface area contributed by atoms with Crippen LogP contribution in [0.2, 0.25) is 0 Å². The number of benzene rings is 2. The zero-order chi connectivity index (χ0) is 28.5. The number of aliphatic hydroxyl groups is 1. The van der Waals surface area contributed by atoms with Crippen molar-refractivity contribution in [3.05, 3.63) is 60.2 Å². The van der Waals surface area contributed by atoms with Crippen molar-refractivity contribution in [2.24, 2.45) is 11.8 Å². The van der Waals surface area contributed by atoms with Gasteiger partial charge in [0, 0.05) is 48.9 Å². The van der Waals surface area contributed by atoms with Crippen LogP contribution >= 0.6 is 11.8 Å². The SMILES string of the molecule is CCN(CC)c1ccc(NC(=O)C2N(CCCO)C(=O)[C@@H]3[C@H](C(=O)NCc4ccccc4)[C@]4(C)CCC23S4)cc1. The quantitative estimate of drug-likeness (QED) is 0.385. The molecule has 0 aliphatic carbocycles. The highest BCUT2D eigenvalue weighted by Gasteiger charge is 2.77. The lowest BCUT2D eigenvalue weighted by molar-refractivity contribution is -0.140. The molecule has 3 saturated heterocycles. The second-order valence-corrected chi connectivity index (χ2v) is 13.1. The molecule has 3 aliphatic heterocycles. The number of anilines is 2. The molecule has 0 radical (unpaired) electrons. The number of amides is 3. The fraction of sp³-hybridized carbons (Fsp3) is 0.516. The topological polar surface area (TPSA) is 102 Å². The van der Waals surface area contributed by atoms with Crippen LogP contribution in [0.4, 0.5) is 11.4 Å². The zero-order valence-corrected chi connectivity index (χ0v) is 24.4. The van der Waals surface area contributed by atoms with E-state index in [9.17, 15) is 19.5 Å². The fourth-order valence-corrected chi connectivity index (χ4v) is 9.41. The van der Waals surface area contributed by atoms with Crippen molar-refractivity contribution >= 4 is 40.9 Å². The molecule has 40 heavy (non-hydrogen) atoms. The molecule has 2 bridgehead atoms. The summed E-state index contributed by atoms with van der Waals surface area (Å²) in [7, 11) is 0. The van der Waals surface area contributed by atoms with Gasteiger partial charge in [-0.25, -0.2) is 0 Å². The number of nitrogens with zero attached hydrogens (tertiary/aromatic N) is 2. The van der Waals surface area contributed by atoms with Gasteiger partial charge in [-0.15, -0.1) is 11.8 Å². The monoisotopic (exact) mass is 564 g/mol. The van der Waals surface area contributed by atoms with E-state index in [1.807, 2.05) is 54.6 Å². The van der Waals surface area contributed by atoms with Gasteiger partial charge >= 0.3 is 0 Å². The van der Waals surface area contributed by atoms with E-state index in [0.29, 0.717) is 25.1 Å². The summed E-state index contributed by atoms with van der Waals surface area (Å²) in [4.78, 5) is 45.6. The minimum atomic E-state index is -0.710. The van der Waals surface area contributed by atoms with Crippen molar-refractivity contribution in [2.75, 3.05) is 36.5 Å². The predicted molar refractivity (Wildman–Crippen MR) is 159 cm³/mol. The Labute approximate surface area is 240 Å². The molecule has 2 aromatic carbocycles. The Morgan fingerprint density at radius 2 is 1.75 bits per heavy atom. The third kappa shape index (κ3) is 4.87. The first-order chi connectivity index (χ1) is 19.3. The van der Waals surface area contributed by atoms with E-state index >= 15 is 0 Å². The molecule has 3 aliphatic rings. The number of hydrogen-bond acceptors (Lipinski definition) is 6. The molecule has 5 atom stereocenters. The maximum atomic E-state index is 14.0. The molecule has 2 unspecified atom stereocenters. The minimum Gasteiger partial charge on any atom is -0.396 e. The summed E-state index contributed by atoms with van der Waals surface area (Å²) in [5.41, 5.74) is 2.76. The lowest BCUT2D eigenvalue weighted by Gasteiger charge is -2.35. The summed E-state index contributed by atoms with van der Waals surface area (Å²) in [6, 6.07) is 16.8. The van der Waals surface area contributed by atoms with Gasteiger partial charge in [0.1, 0.15) is 6.04 Å². The number of hydrogen-bond donors (Lipinski definition) is 3. The van der Waals surface area contributed by atoms with Crippen molar-refractivity contribution < 1.29 is 19.5 Å². The van der Waals surface area contributed by atoms with Gasteiger partial charge in [0.25, 0.3) is 0 Å². The lowest BCUT2D eigenvalue weighted by Crippen LogP contribution is -2.52. The zero-order valence-electron chi connectivity index (χ0n) is 23.6. The number of rotatable bonds is 11. The Morgan fingerprint density at radius 1 is 1.05 bits per heavy atom. The standard InChI is InChI=1S/C31H40N4O4S/c1-4-34(5-2)23-14-12-22(13-15-23)33-28(38)26-31-17-16-30(3,40-31)24(25(31)29(39)35(26)18-9-19-36)27(37)32-20-21-10-7-6-8-11-21/h6-8,10-15,24-26,36H,4-5,9,16-20H2,1-3H3,(H,32,37)(H,33,38)/t24-,25+,26?,30+,31?/m1/s1. The second-order valence-electron chi connectivity index (χ2n) is 11.2. The van der Waals surface area contributed by atoms with E-state index in [1.165, 1.54) is 0 Å². The molecule has 214 valence electrons. The van der Waals surface area contributed by atoms with Gasteiger partial charge in [0.2, 0.25) is 17.7 Å². The summed E-state index contributed by atoms with van der Waals surface area (Å²) in [5.74, 6) is -1.61. The molecule has 0 saturated carbocycles. The number of thioether (sulfide) groups is 1. The molecular weight excluding hydrogens is 524 g/mol. The molecule has 2 aromatic rings. The van der Waals surface area contributed by atoms with Crippen LogP contribution in [-0.2, 0) is 20.9 Å². The van der Waals surface area contributed by atoms with Crippen molar-refractivity contribution in [3.63, 3.8) is 0 Å². The first kappa shape index (κ1) is 28.5. The van der Waals surface area contributed by atoms with Crippen LogP contribution < -0.4 is 15.5 Å². The summed E-state index contributed by atoms with van der Waals surface area (Å²) in [6.07, 6.45) is 1.84. The van der Waals surface area contributed by atoms with Gasteiger partial charge in [-0.05, 0) is 69.9 Å². The van der Waals surface area contributed by atoms with E-state index < -0.39 is 27.4 Å². The maximum absolute atomic E-state index is 14.0. The molecule has 5 rings (SSSR count). The average molecular weight is 565 g/mol. The number of fused-ring (bicyclic) bond motifs is 1. The Morgan fingerprint density at radius 3 is 2.40 bits per heavy atom. The van der Waals surface area contributed by atoms with Crippen molar-refractivity contribution in [2.45, 2.75) is 62.1 Å². The fourth-order valence-electron chi connectivity index (χ4n) is 7.06. The number of carbonyl (C=O) groups excluding carboxylic acids is 3. The molecule has 9 heteroatoms. The molecule has 3 fully saturated rings. The van der Waals surface area contributed by atoms with Gasteiger partial charge in [0.05, 0.1) is 16.6 Å². The number of likely N-dealkylation sites (tertiary alicyclic amines) is 1. The van der Waals surface area contributed by atoms with Crippen LogP contribution in [0, 0.1) is 11.8 Å². The molecule has 1 spiro atoms. The van der Waals surface area contributed by atoms with Gasteiger partial charge in [0.15, 0.2) is 0 Å². The van der Waals surface area contributed by atoms with E-state index in [2.05, 4.69) is 36.3 Å². The summed E-state index contributed by atoms with van der Waals surface area (Å²) in [6.45, 7) is 8.68. The molecule has 3 N–H and O–H groups in total. The highest BCUT2D eigenvalue weighted by molar-refractivity contribution is 8.02. The highest BCUT2D eigenvalue weighted by Crippen LogP contribution is 2.71. The third-order valence-corrected chi connectivity index (χ3v) is 10.9. The normalized spacial score (nSPS) is 28.4. The van der Waals surface area contributed by atoms with Crippen molar-refractivity contribution in [3.8, 4) is 0 Å². The largest absolute Gasteiger partial charge is 0.396 e. The van der Waals surface area contributed by atoms with E-state index in [1.54, 1.807) is 16.7 Å². The van der Waals surface area contributed by atoms with E-state index in [-0.39, 0.29) is 30.9 Å². The van der Waals surface area contributed by atoms with Gasteiger partial charge in [-0.3, -0.25) is 14.4 Å². The van der Waals surface area contributed by atoms with Crippen LogP contribution in [0.5, 0.6) is 0 Å². The molecule has 0 aromatic heterocycles. The molecule has 8 nitrogen and oxygen atoms in total. The van der Waals surface area contributed by atoms with Crippen molar-refractivity contribution in [1.29, 1.82) is 0 Å². The first-order valence-electron chi connectivity index (χ1n) is 14.4. The predicted octanol–water partition coefficient (Wildman–Crippen LogP) is 3.65. The Balaban J connectivity index is 1.40.